The van der Waals surface area contributed by atoms with Crippen molar-refractivity contribution in [3.05, 3.63) is 35.4 Å². The van der Waals surface area contributed by atoms with Crippen LogP contribution in [-0.2, 0) is 16.1 Å². The molecule has 0 unspecified atom stereocenters. The summed E-state index contributed by atoms with van der Waals surface area (Å²) in [5.41, 5.74) is 1.70. The van der Waals surface area contributed by atoms with Crippen molar-refractivity contribution >= 4 is 11.9 Å². The minimum Gasteiger partial charge on any atom is -0.550 e. The third-order valence-electron chi connectivity index (χ3n) is 1.88. The van der Waals surface area contributed by atoms with Crippen LogP contribution in [0.15, 0.2) is 24.3 Å². The lowest BCUT2D eigenvalue weighted by atomic mass is 10.1. The van der Waals surface area contributed by atoms with Gasteiger partial charge in [0.2, 0.25) is 0 Å². The van der Waals surface area contributed by atoms with Gasteiger partial charge >= 0.3 is 5.97 Å². The molecule has 1 aromatic rings. The van der Waals surface area contributed by atoms with Gasteiger partial charge in [0.15, 0.2) is 0 Å². The number of carbonyl (C=O) groups is 2. The number of cyclic esters (lactones) is 1. The van der Waals surface area contributed by atoms with Gasteiger partial charge in [-0.3, -0.25) is 0 Å². The zero-order chi connectivity index (χ0) is 11.3. The van der Waals surface area contributed by atoms with E-state index in [1.807, 2.05) is 18.2 Å². The van der Waals surface area contributed by atoms with Gasteiger partial charge in [-0.25, -0.2) is 4.79 Å². The normalized spacial score (nSPS) is 12.2. The van der Waals surface area contributed by atoms with Crippen molar-refractivity contribution in [2.24, 2.45) is 0 Å². The summed E-state index contributed by atoms with van der Waals surface area (Å²) in [5.74, 6) is -1.19. The second kappa shape index (κ2) is 5.14. The number of aliphatic carboxylic acids is 1. The van der Waals surface area contributed by atoms with Crippen LogP contribution in [0.2, 0.25) is 0 Å². The molecule has 0 saturated heterocycles. The number of benzene rings is 1. The van der Waals surface area contributed by atoms with E-state index >= 15 is 0 Å². The van der Waals surface area contributed by atoms with Gasteiger partial charge in [0, 0.05) is 11.5 Å². The van der Waals surface area contributed by atoms with E-state index < -0.39 is 5.97 Å². The molecule has 1 heterocycles. The standard InChI is InChI=1S/C8H6O2.C3H6O2/c9-8-7-4-2-1-3-6(7)5-10-8;1-2-3(4)5/h1-4H,5H2;2H2,1H3,(H,4,5)/p-1. The van der Waals surface area contributed by atoms with Crippen molar-refractivity contribution in [1.82, 2.24) is 0 Å². The highest BCUT2D eigenvalue weighted by atomic mass is 16.5. The molecule has 0 N–H and O–H groups in total. The van der Waals surface area contributed by atoms with E-state index in [4.69, 9.17) is 4.74 Å². The Labute approximate surface area is 87.5 Å². The first kappa shape index (κ1) is 11.2. The quantitative estimate of drug-likeness (QED) is 0.629. The topological polar surface area (TPSA) is 66.4 Å². The second-order valence-corrected chi connectivity index (χ2v) is 2.96. The zero-order valence-corrected chi connectivity index (χ0v) is 8.36. The van der Waals surface area contributed by atoms with Crippen LogP contribution in [0.3, 0.4) is 0 Å². The Hall–Kier alpha value is -1.84. The molecule has 0 amide bonds. The number of hydrogen-bond acceptors (Lipinski definition) is 4. The minimum atomic E-state index is -0.995. The van der Waals surface area contributed by atoms with Crippen molar-refractivity contribution < 1.29 is 19.4 Å². The van der Waals surface area contributed by atoms with E-state index in [-0.39, 0.29) is 12.4 Å². The molecule has 0 aliphatic carbocycles. The molecule has 2 rings (SSSR count). The van der Waals surface area contributed by atoms with E-state index in [0.717, 1.165) is 5.56 Å². The molecule has 4 nitrogen and oxygen atoms in total. The average Bonchev–Trinajstić information content (AvgIpc) is 2.62. The Morgan fingerprint density at radius 3 is 2.60 bits per heavy atom. The van der Waals surface area contributed by atoms with Crippen molar-refractivity contribution in [3.63, 3.8) is 0 Å². The van der Waals surface area contributed by atoms with Gasteiger partial charge < -0.3 is 14.6 Å². The predicted octanol–water partition coefficient (Wildman–Crippen LogP) is 0.503. The lowest BCUT2D eigenvalue weighted by Crippen LogP contribution is -2.19. The molecule has 1 aliphatic rings. The molecule has 15 heavy (non-hydrogen) atoms. The fraction of sp³-hybridized carbons (Fsp3) is 0.273. The van der Waals surface area contributed by atoms with Gasteiger partial charge in [0.25, 0.3) is 0 Å². The lowest BCUT2D eigenvalue weighted by Gasteiger charge is -1.87. The van der Waals surface area contributed by atoms with Crippen LogP contribution < -0.4 is 5.11 Å². The Bertz CT molecular complexity index is 371. The molecular weight excluding hydrogens is 196 g/mol. The van der Waals surface area contributed by atoms with Crippen molar-refractivity contribution in [3.8, 4) is 0 Å². The summed E-state index contributed by atoms with van der Waals surface area (Å²) in [6.07, 6.45) is 0.111. The SMILES string of the molecule is CCC(=O)[O-].O=C1OCc2ccccc21. The Morgan fingerprint density at radius 1 is 1.47 bits per heavy atom. The molecule has 1 aliphatic heterocycles. The Balaban J connectivity index is 0.000000195. The van der Waals surface area contributed by atoms with E-state index in [1.165, 1.54) is 6.92 Å². The summed E-state index contributed by atoms with van der Waals surface area (Å²) in [6.45, 7) is 1.98. The third-order valence-corrected chi connectivity index (χ3v) is 1.88. The van der Waals surface area contributed by atoms with Crippen LogP contribution in [0.4, 0.5) is 0 Å². The van der Waals surface area contributed by atoms with E-state index in [0.29, 0.717) is 12.2 Å². The van der Waals surface area contributed by atoms with Crippen molar-refractivity contribution in [1.29, 1.82) is 0 Å². The van der Waals surface area contributed by atoms with Crippen LogP contribution in [0.1, 0.15) is 29.3 Å². The molecule has 0 fully saturated rings. The van der Waals surface area contributed by atoms with Gasteiger partial charge in [0.05, 0.1) is 5.56 Å². The molecule has 0 atom stereocenters. The van der Waals surface area contributed by atoms with Crippen molar-refractivity contribution in [2.45, 2.75) is 20.0 Å². The first-order chi connectivity index (χ1) is 7.15. The molecule has 0 radical (unpaired) electrons. The fourth-order valence-electron chi connectivity index (χ4n) is 1.07. The summed E-state index contributed by atoms with van der Waals surface area (Å²) < 4.78 is 4.78. The molecule has 0 bridgehead atoms. The van der Waals surface area contributed by atoms with Crippen molar-refractivity contribution in [2.75, 3.05) is 0 Å². The van der Waals surface area contributed by atoms with Gasteiger partial charge in [0.1, 0.15) is 6.61 Å². The number of ether oxygens (including phenoxy) is 1. The highest BCUT2D eigenvalue weighted by molar-refractivity contribution is 5.93. The van der Waals surface area contributed by atoms with Gasteiger partial charge in [-0.1, -0.05) is 25.1 Å². The monoisotopic (exact) mass is 207 g/mol. The summed E-state index contributed by atoms with van der Waals surface area (Å²) in [7, 11) is 0. The molecule has 4 heteroatoms. The highest BCUT2D eigenvalue weighted by Gasteiger charge is 2.18. The van der Waals surface area contributed by atoms with Gasteiger partial charge in [-0.05, 0) is 12.5 Å². The molecule has 1 aromatic carbocycles. The Kier molecular flexibility index (Phi) is 3.85. The molecule has 0 spiro atoms. The van der Waals surface area contributed by atoms with Crippen LogP contribution >= 0.6 is 0 Å². The summed E-state index contributed by atoms with van der Waals surface area (Å²) >= 11 is 0. The maximum atomic E-state index is 10.8. The number of esters is 1. The van der Waals surface area contributed by atoms with Crippen LogP contribution in [-0.4, -0.2) is 11.9 Å². The maximum Gasteiger partial charge on any atom is 0.338 e. The molecule has 0 aromatic heterocycles. The summed E-state index contributed by atoms with van der Waals surface area (Å²) in [6, 6.07) is 7.43. The predicted molar refractivity (Wildman–Crippen MR) is 50.9 cm³/mol. The van der Waals surface area contributed by atoms with Gasteiger partial charge in [-0.15, -0.1) is 0 Å². The second-order valence-electron chi connectivity index (χ2n) is 2.96. The summed E-state index contributed by atoms with van der Waals surface area (Å²) in [4.78, 5) is 20.1. The zero-order valence-electron chi connectivity index (χ0n) is 8.36. The molecule has 0 saturated carbocycles. The number of carboxylic acid groups (broad SMARTS) is 1. The lowest BCUT2D eigenvalue weighted by molar-refractivity contribution is -0.305. The summed E-state index contributed by atoms with van der Waals surface area (Å²) in [5, 5.41) is 9.26. The van der Waals surface area contributed by atoms with E-state index in [2.05, 4.69) is 0 Å². The van der Waals surface area contributed by atoms with Crippen LogP contribution in [0.5, 0.6) is 0 Å². The third kappa shape index (κ3) is 3.09. The first-order valence-electron chi connectivity index (χ1n) is 4.60. The van der Waals surface area contributed by atoms with E-state index in [1.54, 1.807) is 6.07 Å². The molecule has 80 valence electrons. The maximum absolute atomic E-state index is 10.8. The fourth-order valence-corrected chi connectivity index (χ4v) is 1.07. The highest BCUT2D eigenvalue weighted by Crippen LogP contribution is 2.17. The number of hydrogen-bond donors (Lipinski definition) is 0. The number of fused-ring (bicyclic) bond motifs is 1. The average molecular weight is 207 g/mol. The number of rotatable bonds is 1. The van der Waals surface area contributed by atoms with Crippen LogP contribution in [0, 0.1) is 0 Å². The first-order valence-corrected chi connectivity index (χ1v) is 4.60. The largest absolute Gasteiger partial charge is 0.550 e. The van der Waals surface area contributed by atoms with Crippen LogP contribution in [0.25, 0.3) is 0 Å². The minimum absolute atomic E-state index is 0.111. The van der Waals surface area contributed by atoms with E-state index in [9.17, 15) is 14.7 Å². The number of carboxylic acids is 1. The smallest absolute Gasteiger partial charge is 0.338 e. The Morgan fingerprint density at radius 2 is 2.07 bits per heavy atom. The molecular formula is C11H11O4-. The number of carbonyl (C=O) groups excluding carboxylic acids is 2. The van der Waals surface area contributed by atoms with Gasteiger partial charge in [-0.2, -0.15) is 0 Å².